The molecule has 1 unspecified atom stereocenters. The third-order valence-electron chi connectivity index (χ3n) is 6.62. The maximum absolute atomic E-state index is 13.9. The lowest BCUT2D eigenvalue weighted by Gasteiger charge is -2.26. The molecule has 10 heteroatoms. The van der Waals surface area contributed by atoms with Crippen LogP contribution in [-0.2, 0) is 6.18 Å². The smallest absolute Gasteiger partial charge is 0.416 e. The SMILES string of the molecule is CCCCOc1ccc(C2c3c(oc4ccc(Br)cc4c3=O)C(=O)N2c2cccc(C(F)(F)F)c2)cc1OCC. The van der Waals surface area contributed by atoms with Crippen molar-refractivity contribution in [1.29, 1.82) is 0 Å². The standard InChI is InChI=1S/C30H25BrF3NO5/c1-3-5-13-39-23-11-9-17(14-24(23)38-4-2)26-25-27(36)21-16-19(31)10-12-22(21)40-28(25)29(37)35(26)20-8-6-7-18(15-20)30(32,33)34/h6-12,14-16,26H,3-5,13H2,1-2H3. The fraction of sp³-hybridized carbons (Fsp3) is 0.267. The second-order valence-electron chi connectivity index (χ2n) is 9.28. The topological polar surface area (TPSA) is 69.0 Å². The average molecular weight is 616 g/mol. The van der Waals surface area contributed by atoms with Gasteiger partial charge in [-0.2, -0.15) is 13.2 Å². The molecule has 0 saturated heterocycles. The molecule has 0 aliphatic carbocycles. The number of nitrogens with zero attached hydrogens (tertiary/aromatic N) is 1. The molecule has 1 aromatic heterocycles. The lowest BCUT2D eigenvalue weighted by atomic mass is 9.97. The van der Waals surface area contributed by atoms with Crippen LogP contribution in [0.15, 0.2) is 74.3 Å². The third-order valence-corrected chi connectivity index (χ3v) is 7.12. The van der Waals surface area contributed by atoms with Crippen LogP contribution in [0.5, 0.6) is 11.5 Å². The summed E-state index contributed by atoms with van der Waals surface area (Å²) in [7, 11) is 0. The summed E-state index contributed by atoms with van der Waals surface area (Å²) in [6.07, 6.45) is -2.85. The van der Waals surface area contributed by atoms with E-state index in [4.69, 9.17) is 13.9 Å². The Morgan fingerprint density at radius 3 is 2.50 bits per heavy atom. The maximum Gasteiger partial charge on any atom is 0.416 e. The summed E-state index contributed by atoms with van der Waals surface area (Å²) < 4.78 is 59.2. The highest BCUT2D eigenvalue weighted by molar-refractivity contribution is 9.10. The van der Waals surface area contributed by atoms with E-state index in [0.717, 1.165) is 25.0 Å². The molecule has 0 fully saturated rings. The van der Waals surface area contributed by atoms with E-state index in [1.807, 2.05) is 13.8 Å². The highest BCUT2D eigenvalue weighted by Gasteiger charge is 2.44. The summed E-state index contributed by atoms with van der Waals surface area (Å²) in [6.45, 7) is 4.65. The summed E-state index contributed by atoms with van der Waals surface area (Å²) in [5, 5.41) is 0.237. The quantitative estimate of drug-likeness (QED) is 0.188. The predicted molar refractivity (Wildman–Crippen MR) is 148 cm³/mol. The van der Waals surface area contributed by atoms with Gasteiger partial charge < -0.3 is 13.9 Å². The van der Waals surface area contributed by atoms with E-state index >= 15 is 0 Å². The van der Waals surface area contributed by atoms with Crippen molar-refractivity contribution in [1.82, 2.24) is 0 Å². The molecule has 2 heterocycles. The molecule has 1 amide bonds. The third kappa shape index (κ3) is 5.08. The van der Waals surface area contributed by atoms with Crippen LogP contribution < -0.4 is 19.8 Å². The summed E-state index contributed by atoms with van der Waals surface area (Å²) >= 11 is 3.36. The number of amides is 1. The summed E-state index contributed by atoms with van der Waals surface area (Å²) in [5.41, 5.74) is -0.712. The van der Waals surface area contributed by atoms with Crippen molar-refractivity contribution in [2.45, 2.75) is 38.9 Å². The highest BCUT2D eigenvalue weighted by atomic mass is 79.9. The number of unbranched alkanes of at least 4 members (excludes halogenated alkanes) is 1. The minimum absolute atomic E-state index is 0.0258. The predicted octanol–water partition coefficient (Wildman–Crippen LogP) is 7.90. The van der Waals surface area contributed by atoms with Gasteiger partial charge in [-0.25, -0.2) is 0 Å². The largest absolute Gasteiger partial charge is 0.490 e. The number of benzene rings is 3. The van der Waals surface area contributed by atoms with Crippen molar-refractivity contribution in [3.63, 3.8) is 0 Å². The lowest BCUT2D eigenvalue weighted by molar-refractivity contribution is -0.137. The fourth-order valence-electron chi connectivity index (χ4n) is 4.77. The second-order valence-corrected chi connectivity index (χ2v) is 10.2. The molecule has 6 nitrogen and oxygen atoms in total. The molecule has 1 atom stereocenters. The van der Waals surface area contributed by atoms with Gasteiger partial charge in [0.05, 0.1) is 35.8 Å². The molecule has 1 aliphatic heterocycles. The van der Waals surface area contributed by atoms with Gasteiger partial charge >= 0.3 is 6.18 Å². The molecule has 4 aromatic rings. The maximum atomic E-state index is 13.9. The Morgan fingerprint density at radius 1 is 0.975 bits per heavy atom. The molecule has 5 rings (SSSR count). The first-order valence-corrected chi connectivity index (χ1v) is 13.6. The average Bonchev–Trinajstić information content (AvgIpc) is 3.22. The van der Waals surface area contributed by atoms with Crippen molar-refractivity contribution in [3.8, 4) is 11.5 Å². The van der Waals surface area contributed by atoms with E-state index in [2.05, 4.69) is 15.9 Å². The normalized spacial score (nSPS) is 15.0. The zero-order valence-corrected chi connectivity index (χ0v) is 23.3. The Kier molecular flexibility index (Phi) is 7.63. The first-order valence-electron chi connectivity index (χ1n) is 12.8. The van der Waals surface area contributed by atoms with Crippen molar-refractivity contribution in [2.24, 2.45) is 0 Å². The van der Waals surface area contributed by atoms with Crippen LogP contribution in [0.25, 0.3) is 11.0 Å². The zero-order valence-electron chi connectivity index (χ0n) is 21.7. The van der Waals surface area contributed by atoms with Crippen LogP contribution >= 0.6 is 15.9 Å². The van der Waals surface area contributed by atoms with Gasteiger partial charge in [0.2, 0.25) is 5.76 Å². The molecule has 3 aromatic carbocycles. The monoisotopic (exact) mass is 615 g/mol. The molecule has 1 aliphatic rings. The number of halogens is 4. The van der Waals surface area contributed by atoms with Gasteiger partial charge in [0, 0.05) is 10.2 Å². The van der Waals surface area contributed by atoms with Crippen LogP contribution in [0.3, 0.4) is 0 Å². The molecule has 0 spiro atoms. The van der Waals surface area contributed by atoms with Gasteiger partial charge in [0.1, 0.15) is 5.58 Å². The minimum Gasteiger partial charge on any atom is -0.490 e. The number of anilines is 1. The van der Waals surface area contributed by atoms with E-state index in [9.17, 15) is 22.8 Å². The number of alkyl halides is 3. The highest BCUT2D eigenvalue weighted by Crippen LogP contribution is 2.44. The Balaban J connectivity index is 1.73. The Morgan fingerprint density at radius 2 is 1.77 bits per heavy atom. The van der Waals surface area contributed by atoms with E-state index in [1.54, 1.807) is 36.4 Å². The minimum atomic E-state index is -4.63. The van der Waals surface area contributed by atoms with Crippen LogP contribution in [0, 0.1) is 0 Å². The Hall–Kier alpha value is -3.79. The molecule has 40 heavy (non-hydrogen) atoms. The molecular formula is C30H25BrF3NO5. The zero-order chi connectivity index (χ0) is 28.6. The van der Waals surface area contributed by atoms with E-state index in [-0.39, 0.29) is 28.0 Å². The summed E-state index contributed by atoms with van der Waals surface area (Å²) in [4.78, 5) is 28.8. The lowest BCUT2D eigenvalue weighted by Crippen LogP contribution is -2.29. The van der Waals surface area contributed by atoms with E-state index in [0.29, 0.717) is 34.7 Å². The van der Waals surface area contributed by atoms with Crippen molar-refractivity contribution in [2.75, 3.05) is 18.1 Å². The molecule has 208 valence electrons. The number of carbonyl (C=O) groups is 1. The number of ether oxygens (including phenoxy) is 2. The Labute approximate surface area is 236 Å². The number of rotatable bonds is 8. The van der Waals surface area contributed by atoms with Crippen molar-refractivity contribution < 1.29 is 31.9 Å². The van der Waals surface area contributed by atoms with Crippen LogP contribution in [0.1, 0.15) is 60.0 Å². The number of hydrogen-bond donors (Lipinski definition) is 0. The van der Waals surface area contributed by atoms with Gasteiger partial charge in [0.25, 0.3) is 5.91 Å². The first-order chi connectivity index (χ1) is 19.1. The molecule has 0 radical (unpaired) electrons. The number of fused-ring (bicyclic) bond motifs is 2. The first kappa shape index (κ1) is 27.8. The van der Waals surface area contributed by atoms with Crippen molar-refractivity contribution in [3.05, 3.63) is 97.8 Å². The second kappa shape index (κ2) is 11.0. The number of hydrogen-bond acceptors (Lipinski definition) is 5. The van der Waals surface area contributed by atoms with Crippen LogP contribution in [0.4, 0.5) is 18.9 Å². The summed E-state index contributed by atoms with van der Waals surface area (Å²) in [6, 6.07) is 13.2. The molecular weight excluding hydrogens is 591 g/mol. The number of carbonyl (C=O) groups excluding carboxylic acids is 1. The van der Waals surface area contributed by atoms with Gasteiger partial charge in [-0.1, -0.05) is 41.4 Å². The Bertz CT molecular complexity index is 1650. The molecule has 0 bridgehead atoms. The van der Waals surface area contributed by atoms with Gasteiger partial charge in [-0.05, 0) is 67.4 Å². The van der Waals surface area contributed by atoms with E-state index < -0.39 is 29.1 Å². The van der Waals surface area contributed by atoms with Gasteiger partial charge in [-0.15, -0.1) is 0 Å². The van der Waals surface area contributed by atoms with Crippen LogP contribution in [0.2, 0.25) is 0 Å². The molecule has 0 saturated carbocycles. The van der Waals surface area contributed by atoms with E-state index in [1.165, 1.54) is 17.0 Å². The van der Waals surface area contributed by atoms with Gasteiger partial charge in [-0.3, -0.25) is 14.5 Å². The summed E-state index contributed by atoms with van der Waals surface area (Å²) in [5.74, 6) is -0.0523. The van der Waals surface area contributed by atoms with Crippen molar-refractivity contribution >= 4 is 38.5 Å². The van der Waals surface area contributed by atoms with Gasteiger partial charge in [0.15, 0.2) is 16.9 Å². The fourth-order valence-corrected chi connectivity index (χ4v) is 5.13. The molecule has 0 N–H and O–H groups in total. The van der Waals surface area contributed by atoms with Crippen LogP contribution in [-0.4, -0.2) is 19.1 Å².